The Morgan fingerprint density at radius 2 is 1.68 bits per heavy atom. The average Bonchev–Trinajstić information content (AvgIpc) is 3.07. The smallest absolute Gasteiger partial charge is 0.274 e. The summed E-state index contributed by atoms with van der Waals surface area (Å²) in [5.74, 6) is 1.13. The zero-order chi connectivity index (χ0) is 22.8. The van der Waals surface area contributed by atoms with E-state index in [0.29, 0.717) is 11.3 Å². The third kappa shape index (κ3) is 5.16. The van der Waals surface area contributed by atoms with Crippen molar-refractivity contribution >= 4 is 5.91 Å². The molecule has 1 unspecified atom stereocenters. The van der Waals surface area contributed by atoms with E-state index in [9.17, 15) is 4.79 Å². The molecule has 0 aliphatic heterocycles. The Labute approximate surface area is 184 Å². The van der Waals surface area contributed by atoms with Crippen LogP contribution in [0.25, 0.3) is 0 Å². The Hall–Kier alpha value is -3.08. The van der Waals surface area contributed by atoms with Gasteiger partial charge in [0.05, 0.1) is 11.6 Å². The molecule has 0 fully saturated rings. The monoisotopic (exact) mass is 420 g/mol. The van der Waals surface area contributed by atoms with Crippen LogP contribution in [0.5, 0.6) is 5.75 Å². The van der Waals surface area contributed by atoms with E-state index >= 15 is 0 Å². The van der Waals surface area contributed by atoms with Crippen LogP contribution in [0.1, 0.15) is 77.8 Å². The molecule has 0 saturated carbocycles. The number of hydrogen-bond acceptors (Lipinski definition) is 4. The number of benzene rings is 2. The van der Waals surface area contributed by atoms with Crippen molar-refractivity contribution in [1.29, 1.82) is 0 Å². The van der Waals surface area contributed by atoms with Crippen LogP contribution in [0, 0.1) is 20.8 Å². The standard InChI is InChI=1S/C26H32N2O3/c1-16-9-8-10-17(2)24(16)30-15-22-19(4)31-28-23(22)25(29)27-18(3)20-11-13-21(14-12-20)26(5,6)7/h8-14,18H,15H2,1-7H3,(H,27,29). The first-order valence-electron chi connectivity index (χ1n) is 10.6. The van der Waals surface area contributed by atoms with Gasteiger partial charge in [-0.2, -0.15) is 0 Å². The number of carbonyl (C=O) groups excluding carboxylic acids is 1. The summed E-state index contributed by atoms with van der Waals surface area (Å²) in [6, 6.07) is 14.2. The van der Waals surface area contributed by atoms with Crippen LogP contribution in [-0.2, 0) is 12.0 Å². The van der Waals surface area contributed by atoms with Crippen molar-refractivity contribution in [3.63, 3.8) is 0 Å². The number of nitrogens with zero attached hydrogens (tertiary/aromatic N) is 1. The number of aryl methyl sites for hydroxylation is 3. The van der Waals surface area contributed by atoms with Crippen molar-refractivity contribution in [2.45, 2.75) is 66.5 Å². The van der Waals surface area contributed by atoms with Crippen molar-refractivity contribution in [1.82, 2.24) is 10.5 Å². The Morgan fingerprint density at radius 3 is 2.26 bits per heavy atom. The van der Waals surface area contributed by atoms with Crippen molar-refractivity contribution < 1.29 is 14.1 Å². The molecule has 1 amide bonds. The highest BCUT2D eigenvalue weighted by Crippen LogP contribution is 2.26. The maximum atomic E-state index is 12.9. The van der Waals surface area contributed by atoms with Gasteiger partial charge < -0.3 is 14.6 Å². The van der Waals surface area contributed by atoms with Gasteiger partial charge in [-0.15, -0.1) is 0 Å². The van der Waals surface area contributed by atoms with Gasteiger partial charge in [-0.1, -0.05) is 68.4 Å². The van der Waals surface area contributed by atoms with Crippen LogP contribution in [0.2, 0.25) is 0 Å². The number of amides is 1. The van der Waals surface area contributed by atoms with Crippen molar-refractivity contribution in [2.75, 3.05) is 0 Å². The predicted octanol–water partition coefficient (Wildman–Crippen LogP) is 5.97. The van der Waals surface area contributed by atoms with Crippen LogP contribution in [0.3, 0.4) is 0 Å². The van der Waals surface area contributed by atoms with E-state index in [1.165, 1.54) is 5.56 Å². The number of aromatic nitrogens is 1. The van der Waals surface area contributed by atoms with Crippen LogP contribution >= 0.6 is 0 Å². The molecule has 3 aromatic rings. The van der Waals surface area contributed by atoms with Gasteiger partial charge in [-0.25, -0.2) is 0 Å². The Bertz CT molecular complexity index is 1040. The van der Waals surface area contributed by atoms with Crippen molar-refractivity contribution in [3.05, 3.63) is 81.7 Å². The fraction of sp³-hybridized carbons (Fsp3) is 0.385. The second-order valence-electron chi connectivity index (χ2n) is 9.14. The number of ether oxygens (including phenoxy) is 1. The van der Waals surface area contributed by atoms with Crippen molar-refractivity contribution in [2.24, 2.45) is 0 Å². The van der Waals surface area contributed by atoms with Crippen LogP contribution in [0.15, 0.2) is 47.0 Å². The third-order valence-electron chi connectivity index (χ3n) is 5.59. The number of nitrogens with one attached hydrogen (secondary N) is 1. The van der Waals surface area contributed by atoms with Gasteiger partial charge in [0.15, 0.2) is 5.69 Å². The van der Waals surface area contributed by atoms with Crippen LogP contribution in [0.4, 0.5) is 0 Å². The molecule has 5 nitrogen and oxygen atoms in total. The van der Waals surface area contributed by atoms with Crippen LogP contribution < -0.4 is 10.1 Å². The Balaban J connectivity index is 1.72. The Morgan fingerprint density at radius 1 is 1.06 bits per heavy atom. The second-order valence-corrected chi connectivity index (χ2v) is 9.14. The third-order valence-corrected chi connectivity index (χ3v) is 5.59. The normalized spacial score (nSPS) is 12.5. The topological polar surface area (TPSA) is 64.4 Å². The molecule has 1 heterocycles. The summed E-state index contributed by atoms with van der Waals surface area (Å²) in [6.07, 6.45) is 0. The first-order valence-corrected chi connectivity index (χ1v) is 10.6. The van der Waals surface area contributed by atoms with E-state index in [4.69, 9.17) is 9.26 Å². The number of carbonyl (C=O) groups is 1. The summed E-state index contributed by atoms with van der Waals surface area (Å²) in [7, 11) is 0. The molecule has 2 aromatic carbocycles. The molecule has 164 valence electrons. The van der Waals surface area contributed by atoms with E-state index in [1.54, 1.807) is 6.92 Å². The minimum atomic E-state index is -0.274. The van der Waals surface area contributed by atoms with Crippen molar-refractivity contribution in [3.8, 4) is 5.75 Å². The highest BCUT2D eigenvalue weighted by molar-refractivity contribution is 5.94. The van der Waals surface area contributed by atoms with Gasteiger partial charge in [0.1, 0.15) is 18.1 Å². The maximum absolute atomic E-state index is 12.9. The summed E-state index contributed by atoms with van der Waals surface area (Å²) in [4.78, 5) is 12.9. The molecule has 0 saturated heterocycles. The summed E-state index contributed by atoms with van der Waals surface area (Å²) in [5.41, 5.74) is 5.41. The second kappa shape index (κ2) is 8.96. The number of hydrogen-bond donors (Lipinski definition) is 1. The van der Waals surface area contributed by atoms with Gasteiger partial charge in [-0.3, -0.25) is 4.79 Å². The van der Waals surface area contributed by atoms with Gasteiger partial charge in [0.2, 0.25) is 0 Å². The van der Waals surface area contributed by atoms with Crippen LogP contribution in [-0.4, -0.2) is 11.1 Å². The largest absolute Gasteiger partial charge is 0.488 e. The molecule has 0 aliphatic rings. The van der Waals surface area contributed by atoms with E-state index in [1.807, 2.05) is 39.0 Å². The molecule has 0 spiro atoms. The van der Waals surface area contributed by atoms with E-state index in [2.05, 4.69) is 55.5 Å². The average molecular weight is 421 g/mol. The lowest BCUT2D eigenvalue weighted by atomic mass is 9.86. The lowest BCUT2D eigenvalue weighted by molar-refractivity contribution is 0.0928. The minimum Gasteiger partial charge on any atom is -0.488 e. The lowest BCUT2D eigenvalue weighted by Gasteiger charge is -2.20. The molecule has 1 aromatic heterocycles. The molecule has 0 bridgehead atoms. The minimum absolute atomic E-state index is 0.0909. The fourth-order valence-electron chi connectivity index (χ4n) is 3.53. The molecule has 3 rings (SSSR count). The zero-order valence-electron chi connectivity index (χ0n) is 19.5. The fourth-order valence-corrected chi connectivity index (χ4v) is 3.53. The highest BCUT2D eigenvalue weighted by atomic mass is 16.5. The first kappa shape index (κ1) is 22.6. The molecule has 1 atom stereocenters. The lowest BCUT2D eigenvalue weighted by Crippen LogP contribution is -2.28. The molecule has 31 heavy (non-hydrogen) atoms. The van der Waals surface area contributed by atoms with Gasteiger partial charge in [0, 0.05) is 0 Å². The quantitative estimate of drug-likeness (QED) is 0.534. The molecule has 1 N–H and O–H groups in total. The predicted molar refractivity (Wildman–Crippen MR) is 123 cm³/mol. The Kier molecular flexibility index (Phi) is 6.54. The SMILES string of the molecule is Cc1cccc(C)c1OCc1c(C(=O)NC(C)c2ccc(C(C)(C)C)cc2)noc1C. The first-order chi connectivity index (χ1) is 14.6. The summed E-state index contributed by atoms with van der Waals surface area (Å²) in [6.45, 7) is 14.5. The van der Waals surface area contributed by atoms with Gasteiger partial charge >= 0.3 is 0 Å². The maximum Gasteiger partial charge on any atom is 0.274 e. The van der Waals surface area contributed by atoms with Gasteiger partial charge in [-0.05, 0) is 55.4 Å². The van der Waals surface area contributed by atoms with E-state index in [-0.39, 0.29) is 29.7 Å². The molecule has 0 aliphatic carbocycles. The summed E-state index contributed by atoms with van der Waals surface area (Å²) >= 11 is 0. The summed E-state index contributed by atoms with van der Waals surface area (Å²) in [5, 5.41) is 7.03. The molecular weight excluding hydrogens is 388 g/mol. The van der Waals surface area contributed by atoms with E-state index < -0.39 is 0 Å². The number of rotatable bonds is 6. The summed E-state index contributed by atoms with van der Waals surface area (Å²) < 4.78 is 11.4. The van der Waals surface area contributed by atoms with Gasteiger partial charge in [0.25, 0.3) is 5.91 Å². The number of para-hydroxylation sites is 1. The highest BCUT2D eigenvalue weighted by Gasteiger charge is 2.23. The molecule has 5 heteroatoms. The molecular formula is C26H32N2O3. The zero-order valence-corrected chi connectivity index (χ0v) is 19.5. The van der Waals surface area contributed by atoms with E-state index in [0.717, 1.165) is 22.4 Å². The molecule has 0 radical (unpaired) electrons.